The summed E-state index contributed by atoms with van der Waals surface area (Å²) < 4.78 is 34.3. The van der Waals surface area contributed by atoms with Crippen LogP contribution in [0.15, 0.2) is 83.0 Å². The molecule has 14 nitrogen and oxygen atoms in total. The van der Waals surface area contributed by atoms with Gasteiger partial charge < -0.3 is 24.5 Å². The summed E-state index contributed by atoms with van der Waals surface area (Å²) in [7, 11) is 0. The average molecular weight is 576 g/mol. The Morgan fingerprint density at radius 2 is 1.79 bits per heavy atom. The summed E-state index contributed by atoms with van der Waals surface area (Å²) in [5.74, 6) is -2.24. The zero-order valence-corrected chi connectivity index (χ0v) is 21.8. The predicted molar refractivity (Wildman–Crippen MR) is 144 cm³/mol. The maximum Gasteiger partial charge on any atom is 0.338 e. The minimum Gasteiger partial charge on any atom is -0.459 e. The topological polar surface area (TPSA) is 190 Å². The van der Waals surface area contributed by atoms with E-state index in [9.17, 15) is 24.7 Å². The highest BCUT2D eigenvalue weighted by Crippen LogP contribution is 2.43. The second-order valence-corrected chi connectivity index (χ2v) is 9.20. The van der Waals surface area contributed by atoms with Gasteiger partial charge in [0.1, 0.15) is 12.4 Å². The van der Waals surface area contributed by atoms with Crippen LogP contribution < -0.4 is 10.9 Å². The lowest BCUT2D eigenvalue weighted by Gasteiger charge is -2.25. The van der Waals surface area contributed by atoms with Crippen LogP contribution in [0.5, 0.6) is 0 Å². The molecule has 1 amide bonds. The van der Waals surface area contributed by atoms with Crippen LogP contribution >= 0.6 is 0 Å². The fourth-order valence-electron chi connectivity index (χ4n) is 4.47. The Hall–Kier alpha value is -5.53. The number of H-pyrrole nitrogens is 1. The molecule has 1 unspecified atom stereocenters. The monoisotopic (exact) mass is 575 g/mol. The Morgan fingerprint density at radius 1 is 1.14 bits per heavy atom. The van der Waals surface area contributed by atoms with E-state index in [0.717, 1.165) is 6.33 Å². The van der Waals surface area contributed by atoms with Crippen LogP contribution in [-0.2, 0) is 19.0 Å². The highest BCUT2D eigenvalue weighted by Gasteiger charge is 2.60. The highest BCUT2D eigenvalue weighted by atomic mass is 19.1. The number of hydrogen-bond donors (Lipinski definition) is 2. The van der Waals surface area contributed by atoms with Gasteiger partial charge in [0.25, 0.3) is 5.56 Å². The zero-order chi connectivity index (χ0) is 29.9. The molecule has 4 atom stereocenters. The number of hydrogen-bond acceptors (Lipinski definition) is 9. The smallest absolute Gasteiger partial charge is 0.338 e. The fraction of sp³-hybridized carbons (Fsp3) is 0.222. The number of alkyl halides is 1. The Kier molecular flexibility index (Phi) is 7.69. The van der Waals surface area contributed by atoms with E-state index in [1.165, 1.54) is 41.8 Å². The molecule has 0 saturated carbocycles. The van der Waals surface area contributed by atoms with Crippen molar-refractivity contribution in [3.8, 4) is 0 Å². The molecule has 42 heavy (non-hydrogen) atoms. The molecule has 2 N–H and O–H groups in total. The Balaban J connectivity index is 1.56. The summed E-state index contributed by atoms with van der Waals surface area (Å²) in [6, 6.07) is 16.9. The Bertz CT molecular complexity index is 1750. The molecule has 3 heterocycles. The van der Waals surface area contributed by atoms with Gasteiger partial charge in [-0.05, 0) is 29.8 Å². The van der Waals surface area contributed by atoms with E-state index in [4.69, 9.17) is 14.2 Å². The fourth-order valence-corrected chi connectivity index (χ4v) is 4.47. The maximum atomic E-state index is 16.4. The number of anilines is 1. The van der Waals surface area contributed by atoms with Crippen LogP contribution in [0, 0.1) is 0 Å². The van der Waals surface area contributed by atoms with E-state index in [-0.39, 0.29) is 28.0 Å². The van der Waals surface area contributed by atoms with Crippen LogP contribution in [-0.4, -0.2) is 57.0 Å². The van der Waals surface area contributed by atoms with E-state index in [1.54, 1.807) is 36.4 Å². The number of amides is 1. The molecule has 1 aliphatic heterocycles. The molecule has 2 aromatic carbocycles. The summed E-state index contributed by atoms with van der Waals surface area (Å²) >= 11 is 0. The van der Waals surface area contributed by atoms with Crippen LogP contribution in [0.1, 0.15) is 33.9 Å². The summed E-state index contributed by atoms with van der Waals surface area (Å²) in [5, 5.41) is 5.95. The average Bonchev–Trinajstić information content (AvgIpc) is 3.52. The number of fused-ring (bicyclic) bond motifs is 1. The van der Waals surface area contributed by atoms with Crippen molar-refractivity contribution in [2.75, 3.05) is 11.9 Å². The number of nitrogens with one attached hydrogen (secondary N) is 2. The van der Waals surface area contributed by atoms with E-state index >= 15 is 4.39 Å². The number of aromatic nitrogens is 3. The molecule has 5 rings (SSSR count). The van der Waals surface area contributed by atoms with Crippen molar-refractivity contribution >= 4 is 34.7 Å². The van der Waals surface area contributed by atoms with Gasteiger partial charge in [-0.3, -0.25) is 14.2 Å². The number of halogens is 1. The van der Waals surface area contributed by atoms with E-state index in [2.05, 4.69) is 25.3 Å². The predicted octanol–water partition coefficient (Wildman–Crippen LogP) is 3.64. The first-order valence-electron chi connectivity index (χ1n) is 12.5. The molecule has 1 aliphatic rings. The molecule has 1 fully saturated rings. The first-order chi connectivity index (χ1) is 20.2. The third-order valence-corrected chi connectivity index (χ3v) is 6.37. The second-order valence-electron chi connectivity index (χ2n) is 9.20. The molecular weight excluding hydrogens is 553 g/mol. The molecule has 0 spiro atoms. The maximum absolute atomic E-state index is 16.4. The lowest BCUT2D eigenvalue weighted by molar-refractivity contribution is -0.116. The highest BCUT2D eigenvalue weighted by molar-refractivity contribution is 5.91. The van der Waals surface area contributed by atoms with Gasteiger partial charge in [0, 0.05) is 17.9 Å². The standard InChI is InChI=1S/C27H22FN7O7/c1-15(36)31-19-12-18-20(23(37)32-19)30-14-35(18)24-21(41-26(39)17-10-6-3-7-11-17)22(28)27(42-24,33-34-29)13-40-25(38)16-8-4-2-5-9-16/h2-12,14,21-22,24H,13H2,1H3,(H2,31,32,36,37)/t21-,22+,24?,27-/m1/s1. The minimum absolute atomic E-state index is 0.00692. The Labute approximate surface area is 235 Å². The number of carbonyl (C=O) groups excluding carboxylic acids is 3. The number of ether oxygens (including phenoxy) is 3. The van der Waals surface area contributed by atoms with Gasteiger partial charge in [-0.25, -0.2) is 19.0 Å². The number of imidazole rings is 1. The lowest BCUT2D eigenvalue weighted by atomic mass is 10.1. The number of esters is 2. The van der Waals surface area contributed by atoms with Crippen molar-refractivity contribution in [1.82, 2.24) is 14.5 Å². The SMILES string of the molecule is CC(=O)Nc1cc2c(ncn2C2O[C@@](COC(=O)c3ccccc3)(N=[N+]=[N-])[C@@H](F)[C@H]2OC(=O)c2ccccc2)c(=O)[nH]1. The van der Waals surface area contributed by atoms with Gasteiger partial charge in [-0.1, -0.05) is 41.5 Å². The van der Waals surface area contributed by atoms with E-state index in [0.29, 0.717) is 0 Å². The number of pyridine rings is 1. The quantitative estimate of drug-likeness (QED) is 0.138. The zero-order valence-electron chi connectivity index (χ0n) is 21.8. The van der Waals surface area contributed by atoms with Gasteiger partial charge in [0.05, 0.1) is 23.0 Å². The number of aromatic amines is 1. The normalized spacial score (nSPS) is 21.3. The molecule has 0 aliphatic carbocycles. The molecular formula is C27H22FN7O7. The number of carbonyl (C=O) groups is 3. The summed E-state index contributed by atoms with van der Waals surface area (Å²) in [6.45, 7) is 0.351. The molecule has 214 valence electrons. The molecule has 1 saturated heterocycles. The van der Waals surface area contributed by atoms with Crippen molar-refractivity contribution in [2.45, 2.75) is 31.2 Å². The summed E-state index contributed by atoms with van der Waals surface area (Å²) in [6.07, 6.45) is -4.56. The largest absolute Gasteiger partial charge is 0.459 e. The molecule has 0 radical (unpaired) electrons. The molecule has 0 bridgehead atoms. The Morgan fingerprint density at radius 3 is 2.40 bits per heavy atom. The van der Waals surface area contributed by atoms with Crippen molar-refractivity contribution in [3.63, 3.8) is 0 Å². The first kappa shape index (κ1) is 28.0. The van der Waals surface area contributed by atoms with Gasteiger partial charge >= 0.3 is 11.9 Å². The number of benzene rings is 2. The molecule has 2 aromatic heterocycles. The van der Waals surface area contributed by atoms with Crippen molar-refractivity contribution in [3.05, 3.63) is 105 Å². The number of azide groups is 1. The minimum atomic E-state index is -2.48. The summed E-state index contributed by atoms with van der Waals surface area (Å²) in [5.41, 5.74) is 6.39. The van der Waals surface area contributed by atoms with Crippen molar-refractivity contribution in [1.29, 1.82) is 0 Å². The van der Waals surface area contributed by atoms with Crippen molar-refractivity contribution in [2.24, 2.45) is 5.11 Å². The first-order valence-corrected chi connectivity index (χ1v) is 12.5. The van der Waals surface area contributed by atoms with Crippen LogP contribution in [0.25, 0.3) is 21.5 Å². The molecule has 4 aromatic rings. The van der Waals surface area contributed by atoms with Gasteiger partial charge in [0.2, 0.25) is 11.6 Å². The third-order valence-electron chi connectivity index (χ3n) is 6.37. The number of rotatable bonds is 8. The third kappa shape index (κ3) is 5.41. The van der Waals surface area contributed by atoms with E-state index < -0.39 is 54.2 Å². The van der Waals surface area contributed by atoms with E-state index in [1.807, 2.05) is 0 Å². The van der Waals surface area contributed by atoms with Gasteiger partial charge in [0.15, 0.2) is 24.0 Å². The molecule has 15 heteroatoms. The summed E-state index contributed by atoms with van der Waals surface area (Å²) in [4.78, 5) is 59.1. The van der Waals surface area contributed by atoms with Crippen LogP contribution in [0.4, 0.5) is 10.2 Å². The number of nitrogens with zero attached hydrogens (tertiary/aromatic N) is 5. The van der Waals surface area contributed by atoms with Crippen molar-refractivity contribution < 1.29 is 33.0 Å². The van der Waals surface area contributed by atoms with Crippen LogP contribution in [0.3, 0.4) is 0 Å². The van der Waals surface area contributed by atoms with Gasteiger partial charge in [-0.2, -0.15) is 0 Å². The van der Waals surface area contributed by atoms with Crippen LogP contribution in [0.2, 0.25) is 0 Å². The lowest BCUT2D eigenvalue weighted by Crippen LogP contribution is -2.44. The second kappa shape index (κ2) is 11.5. The van der Waals surface area contributed by atoms with Gasteiger partial charge in [-0.15, -0.1) is 0 Å².